The minimum atomic E-state index is -0.501. The predicted octanol–water partition coefficient (Wildman–Crippen LogP) is 12.2. The van der Waals surface area contributed by atoms with E-state index in [9.17, 15) is 5.11 Å². The molecule has 0 aliphatic heterocycles. The van der Waals surface area contributed by atoms with Gasteiger partial charge in [0.05, 0.1) is 19.3 Å². The van der Waals surface area contributed by atoms with Crippen molar-refractivity contribution in [2.24, 2.45) is 0 Å². The summed E-state index contributed by atoms with van der Waals surface area (Å²) < 4.78 is 12.5. The molecule has 0 aromatic heterocycles. The average Bonchev–Trinajstić information content (AvgIpc) is 3.01. The summed E-state index contributed by atoms with van der Waals surface area (Å²) in [6.45, 7) is 6.33. The highest BCUT2D eigenvalue weighted by Gasteiger charge is 2.27. The van der Waals surface area contributed by atoms with Crippen LogP contribution in [0.1, 0.15) is 174 Å². The maximum Gasteiger partial charge on any atom is 0.108 e. The molecule has 0 fully saturated rings. The fourth-order valence-corrected chi connectivity index (χ4v) is 6.58. The lowest BCUT2D eigenvalue weighted by Gasteiger charge is -2.27. The van der Waals surface area contributed by atoms with Crippen LogP contribution in [-0.4, -0.2) is 34.5 Å². The Morgan fingerprint density at radius 1 is 0.595 bits per heavy atom. The Kier molecular flexibility index (Phi) is 29.3. The standard InChI is InChI=1S/C38H69IO3/c1-3-5-7-9-11-13-15-17-19-21-23-28-32-41-34-37(42-33-35-29-25-24-26-30-35)38(40)36(39)31-27-22-20-18-16-14-12-10-8-6-4-2/h24-26,29-30,36-38,40H,3-23,27-28,31-34H2,1-2H3. The van der Waals surface area contributed by atoms with Crippen LogP contribution in [-0.2, 0) is 16.1 Å². The van der Waals surface area contributed by atoms with Crippen LogP contribution in [0.2, 0.25) is 0 Å². The highest BCUT2D eigenvalue weighted by atomic mass is 127. The third-order valence-electron chi connectivity index (χ3n) is 8.57. The molecule has 0 bridgehead atoms. The van der Waals surface area contributed by atoms with Crippen molar-refractivity contribution < 1.29 is 14.6 Å². The quantitative estimate of drug-likeness (QED) is 0.0462. The second-order valence-corrected chi connectivity index (χ2v) is 14.2. The second-order valence-electron chi connectivity index (χ2n) is 12.6. The van der Waals surface area contributed by atoms with E-state index in [2.05, 4.69) is 48.6 Å². The Morgan fingerprint density at radius 3 is 1.50 bits per heavy atom. The van der Waals surface area contributed by atoms with Gasteiger partial charge in [-0.1, -0.05) is 208 Å². The summed E-state index contributed by atoms with van der Waals surface area (Å²) in [5.74, 6) is 0. The van der Waals surface area contributed by atoms with Crippen molar-refractivity contribution in [3.05, 3.63) is 35.9 Å². The van der Waals surface area contributed by atoms with Gasteiger partial charge in [0.2, 0.25) is 0 Å². The van der Waals surface area contributed by atoms with Crippen molar-refractivity contribution in [3.8, 4) is 0 Å². The molecule has 1 aromatic rings. The van der Waals surface area contributed by atoms with Crippen molar-refractivity contribution in [3.63, 3.8) is 0 Å². The lowest BCUT2D eigenvalue weighted by atomic mass is 10.0. The van der Waals surface area contributed by atoms with Crippen LogP contribution in [0.3, 0.4) is 0 Å². The van der Waals surface area contributed by atoms with E-state index < -0.39 is 6.10 Å². The minimum Gasteiger partial charge on any atom is -0.389 e. The number of hydrogen-bond donors (Lipinski definition) is 1. The van der Waals surface area contributed by atoms with Gasteiger partial charge in [-0.2, -0.15) is 0 Å². The molecule has 3 nitrogen and oxygen atoms in total. The first kappa shape index (κ1) is 39.9. The summed E-state index contributed by atoms with van der Waals surface area (Å²) >= 11 is 2.44. The molecular weight excluding hydrogens is 631 g/mol. The van der Waals surface area contributed by atoms with Crippen LogP contribution in [0.4, 0.5) is 0 Å². The summed E-state index contributed by atoms with van der Waals surface area (Å²) in [6, 6.07) is 10.3. The van der Waals surface area contributed by atoms with Gasteiger partial charge in [0.1, 0.15) is 6.10 Å². The van der Waals surface area contributed by atoms with Gasteiger partial charge in [-0.15, -0.1) is 0 Å². The van der Waals surface area contributed by atoms with Crippen molar-refractivity contribution in [1.82, 2.24) is 0 Å². The van der Waals surface area contributed by atoms with Gasteiger partial charge in [0.25, 0.3) is 0 Å². The monoisotopic (exact) mass is 700 g/mol. The van der Waals surface area contributed by atoms with Gasteiger partial charge in [0, 0.05) is 10.5 Å². The lowest BCUT2D eigenvalue weighted by molar-refractivity contribution is -0.0857. The molecule has 0 saturated heterocycles. The highest BCUT2D eigenvalue weighted by molar-refractivity contribution is 14.1. The normalized spacial score (nSPS) is 13.8. The summed E-state index contributed by atoms with van der Waals surface area (Å²) in [4.78, 5) is 0. The van der Waals surface area contributed by atoms with E-state index in [0.29, 0.717) is 13.2 Å². The van der Waals surface area contributed by atoms with E-state index >= 15 is 0 Å². The Balaban J connectivity index is 2.20. The summed E-state index contributed by atoms with van der Waals surface area (Å²) in [6.07, 6.45) is 31.4. The Morgan fingerprint density at radius 2 is 1.02 bits per heavy atom. The molecule has 0 amide bonds. The van der Waals surface area contributed by atoms with Crippen LogP contribution in [0.5, 0.6) is 0 Å². The third-order valence-corrected chi connectivity index (χ3v) is 9.93. The topological polar surface area (TPSA) is 38.7 Å². The van der Waals surface area contributed by atoms with Gasteiger partial charge in [-0.05, 0) is 18.4 Å². The van der Waals surface area contributed by atoms with Crippen molar-refractivity contribution >= 4 is 22.6 Å². The minimum absolute atomic E-state index is 0.192. The summed E-state index contributed by atoms with van der Waals surface area (Å²) in [5.41, 5.74) is 1.14. The van der Waals surface area contributed by atoms with Gasteiger partial charge in [0.15, 0.2) is 0 Å². The number of unbranched alkanes of at least 4 members (excludes halogenated alkanes) is 21. The molecule has 4 heteroatoms. The van der Waals surface area contributed by atoms with Gasteiger partial charge in [-0.25, -0.2) is 0 Å². The Labute approximate surface area is 275 Å². The molecule has 246 valence electrons. The van der Waals surface area contributed by atoms with E-state index in [-0.39, 0.29) is 10.0 Å². The number of aliphatic hydroxyl groups is 1. The molecule has 1 rings (SSSR count). The first-order chi connectivity index (χ1) is 20.7. The molecule has 0 heterocycles. The second kappa shape index (κ2) is 30.8. The van der Waals surface area contributed by atoms with E-state index in [1.807, 2.05) is 18.2 Å². The van der Waals surface area contributed by atoms with Crippen LogP contribution in [0.15, 0.2) is 30.3 Å². The van der Waals surface area contributed by atoms with E-state index in [1.165, 1.54) is 141 Å². The van der Waals surface area contributed by atoms with Gasteiger partial charge >= 0.3 is 0 Å². The molecule has 1 N–H and O–H groups in total. The fraction of sp³-hybridized carbons (Fsp3) is 0.842. The Hall–Kier alpha value is -0.170. The van der Waals surface area contributed by atoms with Crippen molar-refractivity contribution in [2.75, 3.05) is 13.2 Å². The molecule has 0 spiro atoms. The van der Waals surface area contributed by atoms with E-state index in [0.717, 1.165) is 25.0 Å². The Bertz CT molecular complexity index is 655. The zero-order valence-electron chi connectivity index (χ0n) is 27.9. The summed E-state index contributed by atoms with van der Waals surface area (Å²) in [5, 5.41) is 11.2. The number of ether oxygens (including phenoxy) is 2. The zero-order chi connectivity index (χ0) is 30.4. The summed E-state index contributed by atoms with van der Waals surface area (Å²) in [7, 11) is 0. The number of aliphatic hydroxyl groups excluding tert-OH is 1. The van der Waals surface area contributed by atoms with Crippen molar-refractivity contribution in [1.29, 1.82) is 0 Å². The SMILES string of the molecule is CCCCCCCCCCCCCCOCC(OCc1ccccc1)C(O)C(I)CCCCCCCCCCCCC. The molecule has 3 atom stereocenters. The maximum absolute atomic E-state index is 11.2. The van der Waals surface area contributed by atoms with Crippen LogP contribution < -0.4 is 0 Å². The molecule has 42 heavy (non-hydrogen) atoms. The molecule has 0 radical (unpaired) electrons. The number of halogens is 1. The van der Waals surface area contributed by atoms with Crippen LogP contribution in [0.25, 0.3) is 0 Å². The largest absolute Gasteiger partial charge is 0.389 e. The molecule has 1 aromatic carbocycles. The van der Waals surface area contributed by atoms with E-state index in [1.54, 1.807) is 0 Å². The molecule has 0 aliphatic carbocycles. The van der Waals surface area contributed by atoms with Crippen LogP contribution in [0, 0.1) is 0 Å². The fourth-order valence-electron chi connectivity index (χ4n) is 5.67. The molecule has 3 unspecified atom stereocenters. The predicted molar refractivity (Wildman–Crippen MR) is 192 cm³/mol. The average molecular weight is 701 g/mol. The zero-order valence-corrected chi connectivity index (χ0v) is 30.0. The first-order valence-corrected chi connectivity index (χ1v) is 19.5. The van der Waals surface area contributed by atoms with Crippen LogP contribution >= 0.6 is 22.6 Å². The number of benzene rings is 1. The highest BCUT2D eigenvalue weighted by Crippen LogP contribution is 2.22. The van der Waals surface area contributed by atoms with E-state index in [4.69, 9.17) is 9.47 Å². The number of hydrogen-bond acceptors (Lipinski definition) is 3. The van der Waals surface area contributed by atoms with Gasteiger partial charge in [-0.3, -0.25) is 0 Å². The molecule has 0 saturated carbocycles. The maximum atomic E-state index is 11.2. The third kappa shape index (κ3) is 24.2. The molecule has 0 aliphatic rings. The van der Waals surface area contributed by atoms with Crippen molar-refractivity contribution in [2.45, 2.75) is 191 Å². The smallest absolute Gasteiger partial charge is 0.108 e. The first-order valence-electron chi connectivity index (χ1n) is 18.2. The van der Waals surface area contributed by atoms with Gasteiger partial charge < -0.3 is 14.6 Å². The number of alkyl halides is 1. The lowest BCUT2D eigenvalue weighted by Crippen LogP contribution is -2.39. The number of rotatable bonds is 32. The molecular formula is C38H69IO3.